The molecule has 100 valence electrons. The fourth-order valence-corrected chi connectivity index (χ4v) is 3.49. The quantitative estimate of drug-likeness (QED) is 0.813. The summed E-state index contributed by atoms with van der Waals surface area (Å²) in [6.45, 7) is 5.70. The van der Waals surface area contributed by atoms with Crippen molar-refractivity contribution < 1.29 is 0 Å². The van der Waals surface area contributed by atoms with Gasteiger partial charge < -0.3 is 5.32 Å². The SMILES string of the molecule is C#CCN(CC)Cc1c(CNC)sc2ccccc12. The molecule has 0 atom stereocenters. The lowest BCUT2D eigenvalue weighted by Gasteiger charge is -2.18. The molecule has 1 heterocycles. The van der Waals surface area contributed by atoms with Crippen molar-refractivity contribution in [3.8, 4) is 12.3 Å². The van der Waals surface area contributed by atoms with E-state index < -0.39 is 0 Å². The Morgan fingerprint density at radius 3 is 2.84 bits per heavy atom. The molecule has 1 aromatic carbocycles. The molecule has 0 aliphatic carbocycles. The molecule has 0 amide bonds. The number of terminal acetylenes is 1. The van der Waals surface area contributed by atoms with E-state index in [4.69, 9.17) is 6.42 Å². The zero-order valence-corrected chi connectivity index (χ0v) is 12.4. The maximum Gasteiger partial charge on any atom is 0.0601 e. The van der Waals surface area contributed by atoms with Gasteiger partial charge in [-0.1, -0.05) is 31.0 Å². The standard InChI is InChI=1S/C16H20N2S/c1-4-10-18(5-2)12-14-13-8-6-7-9-15(13)19-16(14)11-17-3/h1,6-9,17H,5,10-12H2,2-3H3. The van der Waals surface area contributed by atoms with E-state index in [1.165, 1.54) is 20.5 Å². The molecule has 2 aromatic rings. The summed E-state index contributed by atoms with van der Waals surface area (Å²) in [5, 5.41) is 4.63. The van der Waals surface area contributed by atoms with Gasteiger partial charge in [-0.05, 0) is 30.6 Å². The van der Waals surface area contributed by atoms with Crippen LogP contribution in [-0.2, 0) is 13.1 Å². The first-order valence-corrected chi connectivity index (χ1v) is 7.41. The molecule has 0 aliphatic heterocycles. The van der Waals surface area contributed by atoms with Gasteiger partial charge in [-0.25, -0.2) is 0 Å². The molecule has 0 bridgehead atoms. The predicted octanol–water partition coefficient (Wildman–Crippen LogP) is 3.08. The molecule has 0 aliphatic rings. The van der Waals surface area contributed by atoms with Crippen LogP contribution in [0, 0.1) is 12.3 Å². The highest BCUT2D eigenvalue weighted by Gasteiger charge is 2.13. The van der Waals surface area contributed by atoms with Gasteiger partial charge in [0, 0.05) is 22.7 Å². The third kappa shape index (κ3) is 3.16. The van der Waals surface area contributed by atoms with Crippen molar-refractivity contribution in [3.05, 3.63) is 34.7 Å². The van der Waals surface area contributed by atoms with Gasteiger partial charge in [-0.3, -0.25) is 4.90 Å². The first-order valence-electron chi connectivity index (χ1n) is 6.59. The number of nitrogens with zero attached hydrogens (tertiary/aromatic N) is 1. The first kappa shape index (κ1) is 14.1. The summed E-state index contributed by atoms with van der Waals surface area (Å²) in [6.07, 6.45) is 5.44. The van der Waals surface area contributed by atoms with Crippen LogP contribution in [0.5, 0.6) is 0 Å². The molecule has 0 unspecified atom stereocenters. The summed E-state index contributed by atoms with van der Waals surface area (Å²) < 4.78 is 1.36. The largest absolute Gasteiger partial charge is 0.315 e. The highest BCUT2D eigenvalue weighted by molar-refractivity contribution is 7.19. The van der Waals surface area contributed by atoms with Crippen LogP contribution >= 0.6 is 11.3 Å². The van der Waals surface area contributed by atoms with Crippen LogP contribution in [0.25, 0.3) is 10.1 Å². The van der Waals surface area contributed by atoms with E-state index in [-0.39, 0.29) is 0 Å². The van der Waals surface area contributed by atoms with Crippen LogP contribution in [0.15, 0.2) is 24.3 Å². The minimum absolute atomic E-state index is 0.708. The summed E-state index contributed by atoms with van der Waals surface area (Å²) in [7, 11) is 1.99. The molecule has 1 N–H and O–H groups in total. The lowest BCUT2D eigenvalue weighted by molar-refractivity contribution is 0.316. The average Bonchev–Trinajstić information content (AvgIpc) is 2.77. The summed E-state index contributed by atoms with van der Waals surface area (Å²) in [5.41, 5.74) is 1.42. The highest BCUT2D eigenvalue weighted by Crippen LogP contribution is 2.32. The molecule has 2 nitrogen and oxygen atoms in total. The smallest absolute Gasteiger partial charge is 0.0601 e. The maximum atomic E-state index is 5.44. The fraction of sp³-hybridized carbons (Fsp3) is 0.375. The average molecular weight is 272 g/mol. The summed E-state index contributed by atoms with van der Waals surface area (Å²) >= 11 is 1.88. The Balaban J connectivity index is 2.38. The van der Waals surface area contributed by atoms with Crippen molar-refractivity contribution >= 4 is 21.4 Å². The molecule has 0 saturated heterocycles. The Kier molecular flexibility index (Phi) is 4.98. The predicted molar refractivity (Wildman–Crippen MR) is 84.4 cm³/mol. The number of rotatable bonds is 6. The Bertz CT molecular complexity index is 580. The van der Waals surface area contributed by atoms with E-state index in [1.54, 1.807) is 0 Å². The van der Waals surface area contributed by atoms with Gasteiger partial charge >= 0.3 is 0 Å². The zero-order valence-electron chi connectivity index (χ0n) is 11.6. The Morgan fingerprint density at radius 2 is 2.16 bits per heavy atom. The van der Waals surface area contributed by atoms with Gasteiger partial charge in [0.05, 0.1) is 6.54 Å². The Hall–Kier alpha value is -1.34. The van der Waals surface area contributed by atoms with Gasteiger partial charge in [-0.2, -0.15) is 0 Å². The van der Waals surface area contributed by atoms with E-state index in [2.05, 4.69) is 47.3 Å². The molecule has 2 rings (SSSR count). The molecule has 0 spiro atoms. The van der Waals surface area contributed by atoms with Crippen molar-refractivity contribution in [1.29, 1.82) is 0 Å². The van der Waals surface area contributed by atoms with E-state index in [1.807, 2.05) is 18.4 Å². The summed E-state index contributed by atoms with van der Waals surface area (Å²) in [6, 6.07) is 8.62. The Morgan fingerprint density at radius 1 is 1.37 bits per heavy atom. The second-order valence-corrected chi connectivity index (χ2v) is 5.67. The Labute approximate surface area is 119 Å². The van der Waals surface area contributed by atoms with Gasteiger partial charge in [0.25, 0.3) is 0 Å². The van der Waals surface area contributed by atoms with Gasteiger partial charge in [0.15, 0.2) is 0 Å². The highest BCUT2D eigenvalue weighted by atomic mass is 32.1. The zero-order chi connectivity index (χ0) is 13.7. The van der Waals surface area contributed by atoms with Crippen molar-refractivity contribution in [2.24, 2.45) is 0 Å². The number of hydrogen-bond donors (Lipinski definition) is 1. The van der Waals surface area contributed by atoms with Crippen molar-refractivity contribution in [1.82, 2.24) is 10.2 Å². The van der Waals surface area contributed by atoms with E-state index in [0.717, 1.165) is 19.6 Å². The third-order valence-corrected chi connectivity index (χ3v) is 4.48. The van der Waals surface area contributed by atoms with Crippen LogP contribution in [-0.4, -0.2) is 25.0 Å². The summed E-state index contributed by atoms with van der Waals surface area (Å²) in [5.74, 6) is 2.74. The van der Waals surface area contributed by atoms with Crippen molar-refractivity contribution in [3.63, 3.8) is 0 Å². The third-order valence-electron chi connectivity index (χ3n) is 3.26. The minimum atomic E-state index is 0.708. The first-order chi connectivity index (χ1) is 9.30. The molecular formula is C16H20N2S. The fourth-order valence-electron chi connectivity index (χ4n) is 2.26. The van der Waals surface area contributed by atoms with Crippen LogP contribution in [0.1, 0.15) is 17.4 Å². The van der Waals surface area contributed by atoms with Crippen molar-refractivity contribution in [2.45, 2.75) is 20.0 Å². The molecular weight excluding hydrogens is 252 g/mol. The van der Waals surface area contributed by atoms with E-state index in [9.17, 15) is 0 Å². The van der Waals surface area contributed by atoms with Gasteiger partial charge in [0.1, 0.15) is 0 Å². The minimum Gasteiger partial charge on any atom is -0.315 e. The lowest BCUT2D eigenvalue weighted by Crippen LogP contribution is -2.23. The van der Waals surface area contributed by atoms with Crippen LogP contribution in [0.2, 0.25) is 0 Å². The lowest BCUT2D eigenvalue weighted by atomic mass is 10.1. The van der Waals surface area contributed by atoms with Gasteiger partial charge in [-0.15, -0.1) is 17.8 Å². The molecule has 0 saturated carbocycles. The van der Waals surface area contributed by atoms with Crippen LogP contribution in [0.3, 0.4) is 0 Å². The molecule has 0 radical (unpaired) electrons. The second kappa shape index (κ2) is 6.72. The van der Waals surface area contributed by atoms with E-state index >= 15 is 0 Å². The van der Waals surface area contributed by atoms with E-state index in [0.29, 0.717) is 6.54 Å². The van der Waals surface area contributed by atoms with Crippen LogP contribution in [0.4, 0.5) is 0 Å². The van der Waals surface area contributed by atoms with Crippen molar-refractivity contribution in [2.75, 3.05) is 20.1 Å². The second-order valence-electron chi connectivity index (χ2n) is 4.54. The van der Waals surface area contributed by atoms with Crippen LogP contribution < -0.4 is 5.32 Å². The topological polar surface area (TPSA) is 15.3 Å². The molecule has 3 heteroatoms. The number of benzene rings is 1. The number of fused-ring (bicyclic) bond motifs is 1. The molecule has 1 aromatic heterocycles. The van der Waals surface area contributed by atoms with Gasteiger partial charge in [0.2, 0.25) is 0 Å². The normalized spacial score (nSPS) is 11.1. The summed E-state index contributed by atoms with van der Waals surface area (Å²) in [4.78, 5) is 3.72. The number of thiophene rings is 1. The maximum absolute atomic E-state index is 5.44. The molecule has 19 heavy (non-hydrogen) atoms. The number of nitrogens with one attached hydrogen (secondary N) is 1. The molecule has 0 fully saturated rings. The monoisotopic (exact) mass is 272 g/mol. The number of hydrogen-bond acceptors (Lipinski definition) is 3.